The number of hydrogen-bond donors (Lipinski definition) is 0. The smallest absolute Gasteiger partial charge is 0.306 e. The minimum atomic E-state index is -0.792. The molecule has 0 aromatic carbocycles. The summed E-state index contributed by atoms with van der Waals surface area (Å²) in [7, 11) is 0. The van der Waals surface area contributed by atoms with Crippen LogP contribution in [0, 0.1) is 0 Å². The molecule has 0 aromatic heterocycles. The monoisotopic (exact) mass is 863 g/mol. The maximum atomic E-state index is 12.8. The number of unbranched alkanes of at least 4 members (excludes halogenated alkanes) is 20. The van der Waals surface area contributed by atoms with Gasteiger partial charge in [-0.2, -0.15) is 0 Å². The first-order valence-corrected chi connectivity index (χ1v) is 25.6. The summed E-state index contributed by atoms with van der Waals surface area (Å²) in [5.41, 5.74) is 0. The minimum Gasteiger partial charge on any atom is -0.462 e. The van der Waals surface area contributed by atoms with Gasteiger partial charge in [0.2, 0.25) is 0 Å². The molecule has 0 N–H and O–H groups in total. The highest BCUT2D eigenvalue weighted by Crippen LogP contribution is 2.13. The molecule has 0 aliphatic heterocycles. The summed E-state index contributed by atoms with van der Waals surface area (Å²) in [6.45, 7) is 6.43. The zero-order valence-electron chi connectivity index (χ0n) is 40.4. The maximum Gasteiger partial charge on any atom is 0.306 e. The van der Waals surface area contributed by atoms with Crippen LogP contribution in [0.15, 0.2) is 85.1 Å². The fourth-order valence-corrected chi connectivity index (χ4v) is 6.79. The lowest BCUT2D eigenvalue weighted by Gasteiger charge is -2.18. The van der Waals surface area contributed by atoms with E-state index in [4.69, 9.17) is 14.2 Å². The Bertz CT molecular complexity index is 1220. The van der Waals surface area contributed by atoms with Crippen LogP contribution >= 0.6 is 0 Å². The average Bonchev–Trinajstić information content (AvgIpc) is 3.27. The molecule has 0 spiro atoms. The zero-order chi connectivity index (χ0) is 45.1. The normalized spacial score (nSPS) is 12.8. The van der Waals surface area contributed by atoms with Gasteiger partial charge in [-0.1, -0.05) is 202 Å². The Balaban J connectivity index is 4.37. The van der Waals surface area contributed by atoms with Crippen molar-refractivity contribution in [2.24, 2.45) is 0 Å². The van der Waals surface area contributed by atoms with Crippen LogP contribution in [0.5, 0.6) is 0 Å². The van der Waals surface area contributed by atoms with E-state index in [1.165, 1.54) is 77.0 Å². The SMILES string of the molecule is CC/C=C\C/C=C\C/C=C\C/C=C\CCCCCCC(=O)OC(COC(=O)CCCCCCCC/C=C\C/C=C\C/C=C\CCCCC)COC(=O)CCCCCCCCCC. The van der Waals surface area contributed by atoms with E-state index in [1.54, 1.807) is 0 Å². The molecule has 0 aliphatic rings. The van der Waals surface area contributed by atoms with Crippen LogP contribution in [0.25, 0.3) is 0 Å². The molecule has 1 unspecified atom stereocenters. The summed E-state index contributed by atoms with van der Waals surface area (Å²) in [5, 5.41) is 0. The van der Waals surface area contributed by atoms with Gasteiger partial charge in [0.1, 0.15) is 13.2 Å². The molecule has 0 rings (SSSR count). The number of allylic oxidation sites excluding steroid dienone is 14. The van der Waals surface area contributed by atoms with Crippen molar-refractivity contribution in [3.63, 3.8) is 0 Å². The molecule has 0 radical (unpaired) electrons. The summed E-state index contributed by atoms with van der Waals surface area (Å²) in [5.74, 6) is -0.934. The van der Waals surface area contributed by atoms with Gasteiger partial charge in [-0.25, -0.2) is 0 Å². The van der Waals surface area contributed by atoms with Gasteiger partial charge in [-0.15, -0.1) is 0 Å². The molecular weight excluding hydrogens is 769 g/mol. The number of hydrogen-bond acceptors (Lipinski definition) is 6. The van der Waals surface area contributed by atoms with E-state index in [0.29, 0.717) is 19.3 Å². The van der Waals surface area contributed by atoms with E-state index in [-0.39, 0.29) is 31.1 Å². The molecule has 354 valence electrons. The van der Waals surface area contributed by atoms with E-state index in [2.05, 4.69) is 106 Å². The Kier molecular flexibility index (Phi) is 47.5. The fraction of sp³-hybridized carbons (Fsp3) is 0.696. The second-order valence-electron chi connectivity index (χ2n) is 16.7. The van der Waals surface area contributed by atoms with Gasteiger partial charge in [0.05, 0.1) is 0 Å². The highest BCUT2D eigenvalue weighted by molar-refractivity contribution is 5.71. The van der Waals surface area contributed by atoms with Crippen molar-refractivity contribution in [1.82, 2.24) is 0 Å². The molecule has 6 nitrogen and oxygen atoms in total. The van der Waals surface area contributed by atoms with Crippen molar-refractivity contribution in [3.05, 3.63) is 85.1 Å². The first-order valence-electron chi connectivity index (χ1n) is 25.6. The molecule has 1 atom stereocenters. The summed E-state index contributed by atoms with van der Waals surface area (Å²) in [4.78, 5) is 37.9. The first-order chi connectivity index (χ1) is 30.5. The molecule has 0 amide bonds. The first kappa shape index (κ1) is 58.6. The average molecular weight is 863 g/mol. The number of esters is 3. The van der Waals surface area contributed by atoms with E-state index < -0.39 is 6.10 Å². The van der Waals surface area contributed by atoms with Crippen molar-refractivity contribution in [3.8, 4) is 0 Å². The van der Waals surface area contributed by atoms with Crippen LogP contribution in [0.1, 0.15) is 233 Å². The van der Waals surface area contributed by atoms with Crippen molar-refractivity contribution in [2.45, 2.75) is 239 Å². The maximum absolute atomic E-state index is 12.8. The van der Waals surface area contributed by atoms with Crippen LogP contribution in [-0.4, -0.2) is 37.2 Å². The lowest BCUT2D eigenvalue weighted by Crippen LogP contribution is -2.30. The fourth-order valence-electron chi connectivity index (χ4n) is 6.79. The quantitative estimate of drug-likeness (QED) is 0.0263. The minimum absolute atomic E-state index is 0.0908. The Hall–Kier alpha value is -3.41. The third-order valence-electron chi connectivity index (χ3n) is 10.6. The van der Waals surface area contributed by atoms with Crippen LogP contribution in [0.4, 0.5) is 0 Å². The summed E-state index contributed by atoms with van der Waals surface area (Å²) in [6.07, 6.45) is 64.3. The molecule has 62 heavy (non-hydrogen) atoms. The zero-order valence-corrected chi connectivity index (χ0v) is 40.4. The van der Waals surface area contributed by atoms with Gasteiger partial charge in [-0.05, 0) is 96.3 Å². The highest BCUT2D eigenvalue weighted by atomic mass is 16.6. The van der Waals surface area contributed by atoms with Gasteiger partial charge < -0.3 is 14.2 Å². The molecular formula is C56H94O6. The van der Waals surface area contributed by atoms with Crippen LogP contribution in [0.2, 0.25) is 0 Å². The number of carbonyl (C=O) groups is 3. The van der Waals surface area contributed by atoms with Crippen molar-refractivity contribution in [2.75, 3.05) is 13.2 Å². The van der Waals surface area contributed by atoms with Crippen molar-refractivity contribution < 1.29 is 28.6 Å². The second kappa shape index (κ2) is 50.2. The Labute approximate surface area is 382 Å². The van der Waals surface area contributed by atoms with E-state index in [0.717, 1.165) is 116 Å². The Morgan fingerprint density at radius 3 is 1.02 bits per heavy atom. The van der Waals surface area contributed by atoms with Gasteiger partial charge in [0.25, 0.3) is 0 Å². The van der Waals surface area contributed by atoms with Crippen LogP contribution in [-0.2, 0) is 28.6 Å². The van der Waals surface area contributed by atoms with Crippen molar-refractivity contribution in [1.29, 1.82) is 0 Å². The lowest BCUT2D eigenvalue weighted by molar-refractivity contribution is -0.167. The standard InChI is InChI=1S/C56H94O6/c1-4-7-10-13-16-19-21-23-25-27-28-30-31-33-35-37-40-43-46-49-55(58)61-52-53(51-60-54(57)48-45-42-39-18-15-12-9-6-3)62-56(59)50-47-44-41-38-36-34-32-29-26-24-22-20-17-14-11-8-5-2/h8,11,16-17,19-20,23-26,28,30,32,34,53H,4-7,9-10,12-15,18,21-22,27,29,31,33,35-52H2,1-3H3/b11-8-,19-16-,20-17-,25-23-,26-24-,30-28-,34-32-. The molecule has 0 bridgehead atoms. The summed E-state index contributed by atoms with van der Waals surface area (Å²) in [6, 6.07) is 0. The highest BCUT2D eigenvalue weighted by Gasteiger charge is 2.19. The molecule has 0 saturated carbocycles. The predicted octanol–water partition coefficient (Wildman–Crippen LogP) is 16.8. The van der Waals surface area contributed by atoms with Crippen LogP contribution in [0.3, 0.4) is 0 Å². The Morgan fingerprint density at radius 1 is 0.339 bits per heavy atom. The molecule has 6 heteroatoms. The Morgan fingerprint density at radius 2 is 0.629 bits per heavy atom. The van der Waals surface area contributed by atoms with Crippen molar-refractivity contribution >= 4 is 17.9 Å². The molecule has 0 aromatic rings. The predicted molar refractivity (Wildman–Crippen MR) is 265 cm³/mol. The number of rotatable bonds is 45. The van der Waals surface area contributed by atoms with E-state index in [9.17, 15) is 14.4 Å². The third kappa shape index (κ3) is 47.6. The van der Waals surface area contributed by atoms with E-state index >= 15 is 0 Å². The second-order valence-corrected chi connectivity index (χ2v) is 16.7. The van der Waals surface area contributed by atoms with Gasteiger partial charge in [0.15, 0.2) is 6.10 Å². The molecule has 0 saturated heterocycles. The molecule has 0 fully saturated rings. The molecule has 0 heterocycles. The third-order valence-corrected chi connectivity index (χ3v) is 10.6. The van der Waals surface area contributed by atoms with E-state index in [1.807, 2.05) is 0 Å². The topological polar surface area (TPSA) is 78.9 Å². The van der Waals surface area contributed by atoms with Crippen LogP contribution < -0.4 is 0 Å². The van der Waals surface area contributed by atoms with Gasteiger partial charge in [0, 0.05) is 19.3 Å². The number of ether oxygens (including phenoxy) is 3. The van der Waals surface area contributed by atoms with Gasteiger partial charge in [-0.3, -0.25) is 14.4 Å². The number of carbonyl (C=O) groups excluding carboxylic acids is 3. The summed E-state index contributed by atoms with van der Waals surface area (Å²) >= 11 is 0. The lowest BCUT2D eigenvalue weighted by atomic mass is 10.1. The summed E-state index contributed by atoms with van der Waals surface area (Å²) < 4.78 is 16.7. The van der Waals surface area contributed by atoms with Gasteiger partial charge >= 0.3 is 17.9 Å². The largest absolute Gasteiger partial charge is 0.462 e. The molecule has 0 aliphatic carbocycles.